The summed E-state index contributed by atoms with van der Waals surface area (Å²) in [6, 6.07) is 3.62. The minimum Gasteiger partial charge on any atom is -0.373 e. The molecule has 18 atom stereocenters. The highest BCUT2D eigenvalue weighted by atomic mass is 16.5. The molecule has 0 aromatic rings. The lowest BCUT2D eigenvalue weighted by Gasteiger charge is -2.50. The Labute approximate surface area is 323 Å². The third kappa shape index (κ3) is 6.29. The number of fused-ring (bicyclic) bond motifs is 5. The van der Waals surface area contributed by atoms with E-state index in [-0.39, 0.29) is 11.5 Å². The molecular weight excluding hydrogens is 649 g/mol. The second kappa shape index (κ2) is 15.0. The van der Waals surface area contributed by atoms with Crippen molar-refractivity contribution in [2.45, 2.75) is 209 Å². The van der Waals surface area contributed by atoms with Crippen molar-refractivity contribution in [2.75, 3.05) is 0 Å². The first-order chi connectivity index (χ1) is 26.0. The van der Waals surface area contributed by atoms with Crippen LogP contribution in [0.3, 0.4) is 0 Å². The van der Waals surface area contributed by atoms with Crippen LogP contribution in [0.15, 0.2) is 24.3 Å². The SMILES string of the molecule is C#CC1C(C2OC3CCCCC3C2C(C)C2CCC=CC2NC2NC3CCC=CC3NC2C2CC3CCC2C3)N(C2CCCCC2)C2CCCCC12C. The van der Waals surface area contributed by atoms with Crippen LogP contribution in [0.5, 0.6) is 0 Å². The summed E-state index contributed by atoms with van der Waals surface area (Å²) in [6.45, 7) is 5.31. The van der Waals surface area contributed by atoms with Gasteiger partial charge in [0.1, 0.15) is 0 Å². The fraction of sp³-hybridized carbons (Fsp3) is 0.875. The minimum absolute atomic E-state index is 0.220. The molecule has 3 aliphatic heterocycles. The molecule has 5 heteroatoms. The summed E-state index contributed by atoms with van der Waals surface area (Å²) in [5.41, 5.74) is 0.220. The van der Waals surface area contributed by atoms with Crippen LogP contribution in [0.25, 0.3) is 0 Å². The average Bonchev–Trinajstić information content (AvgIpc) is 3.98. The van der Waals surface area contributed by atoms with Gasteiger partial charge >= 0.3 is 0 Å². The highest BCUT2D eigenvalue weighted by molar-refractivity contribution is 5.23. The maximum Gasteiger partial charge on any atom is 0.0780 e. The molecule has 3 saturated heterocycles. The predicted octanol–water partition coefficient (Wildman–Crippen LogP) is 8.75. The largest absolute Gasteiger partial charge is 0.373 e. The molecule has 0 aromatic carbocycles. The van der Waals surface area contributed by atoms with E-state index >= 15 is 0 Å². The molecule has 2 bridgehead atoms. The summed E-state index contributed by atoms with van der Waals surface area (Å²) >= 11 is 0. The Morgan fingerprint density at radius 2 is 1.66 bits per heavy atom. The van der Waals surface area contributed by atoms with Gasteiger partial charge in [-0.2, -0.15) is 0 Å². The van der Waals surface area contributed by atoms with Crippen LogP contribution in [-0.4, -0.2) is 65.6 Å². The number of rotatable bonds is 7. The van der Waals surface area contributed by atoms with Gasteiger partial charge in [-0.05, 0) is 130 Å². The van der Waals surface area contributed by atoms with E-state index in [0.29, 0.717) is 84.2 Å². The van der Waals surface area contributed by atoms with Gasteiger partial charge in [0.2, 0.25) is 0 Å². The van der Waals surface area contributed by atoms with Crippen molar-refractivity contribution in [1.82, 2.24) is 20.9 Å². The number of nitrogens with one attached hydrogen (secondary N) is 3. The number of allylic oxidation sites excluding steroid dienone is 2. The maximum atomic E-state index is 7.63. The van der Waals surface area contributed by atoms with Gasteiger partial charge < -0.3 is 10.1 Å². The first kappa shape index (κ1) is 36.2. The Hall–Kier alpha value is -1.16. The van der Waals surface area contributed by atoms with E-state index in [2.05, 4.69) is 64.9 Å². The van der Waals surface area contributed by atoms with E-state index in [1.54, 1.807) is 0 Å². The standard InChI is InChI=1S/C48H74N4O/c1-4-37-45(52(33-16-6-5-7-17-33)42-24-14-15-27-48(37,42)3)46-43(35-19-9-13-23-41(35)53-46)30(2)34-18-8-10-20-38(34)50-47-44(36-29-31-25-26-32(36)28-31)49-39-21-11-12-22-40(39)51-47/h1,10-11,20-21,30-47,49-51H,5-9,12-19,22-29H2,2-3H3. The summed E-state index contributed by atoms with van der Waals surface area (Å²) in [6.07, 6.45) is 46.3. The molecule has 5 saturated carbocycles. The zero-order valence-corrected chi connectivity index (χ0v) is 33.5. The van der Waals surface area contributed by atoms with Gasteiger partial charge in [0.25, 0.3) is 0 Å². The lowest BCUT2D eigenvalue weighted by molar-refractivity contribution is -0.0569. The van der Waals surface area contributed by atoms with Crippen LogP contribution in [0.1, 0.15) is 149 Å². The van der Waals surface area contributed by atoms with E-state index in [9.17, 15) is 0 Å². The average molecular weight is 723 g/mol. The minimum atomic E-state index is 0.220. The molecule has 10 rings (SSSR count). The molecule has 292 valence electrons. The Bertz CT molecular complexity index is 1400. The van der Waals surface area contributed by atoms with Gasteiger partial charge in [0.05, 0.1) is 24.4 Å². The van der Waals surface area contributed by atoms with E-state index in [4.69, 9.17) is 11.2 Å². The molecule has 0 amide bonds. The number of terminal acetylenes is 1. The van der Waals surface area contributed by atoms with Crippen molar-refractivity contribution in [2.24, 2.45) is 52.8 Å². The molecule has 3 N–H and O–H groups in total. The lowest BCUT2D eigenvalue weighted by atomic mass is 9.62. The van der Waals surface area contributed by atoms with Crippen molar-refractivity contribution < 1.29 is 4.74 Å². The second-order valence-electron chi connectivity index (χ2n) is 20.8. The number of nitrogens with zero attached hydrogens (tertiary/aromatic N) is 1. The Kier molecular flexibility index (Phi) is 10.2. The van der Waals surface area contributed by atoms with Gasteiger partial charge in [-0.3, -0.25) is 15.5 Å². The van der Waals surface area contributed by atoms with E-state index in [0.717, 1.165) is 17.8 Å². The number of hydrogen-bond donors (Lipinski definition) is 3. The molecule has 8 fully saturated rings. The molecule has 5 nitrogen and oxygen atoms in total. The predicted molar refractivity (Wildman–Crippen MR) is 216 cm³/mol. The molecule has 0 aromatic heterocycles. The van der Waals surface area contributed by atoms with E-state index in [1.165, 1.54) is 135 Å². The third-order valence-corrected chi connectivity index (χ3v) is 18.4. The van der Waals surface area contributed by atoms with Crippen molar-refractivity contribution in [3.63, 3.8) is 0 Å². The van der Waals surface area contributed by atoms with Crippen molar-refractivity contribution in [1.29, 1.82) is 0 Å². The van der Waals surface area contributed by atoms with Crippen LogP contribution < -0.4 is 16.0 Å². The maximum absolute atomic E-state index is 7.63. The number of likely N-dealkylation sites (tertiary alicyclic amines) is 1. The highest BCUT2D eigenvalue weighted by Crippen LogP contribution is 2.60. The molecule has 3 heterocycles. The third-order valence-electron chi connectivity index (χ3n) is 18.4. The summed E-state index contributed by atoms with van der Waals surface area (Å²) in [5, 5.41) is 13.0. The zero-order chi connectivity index (χ0) is 35.7. The summed E-state index contributed by atoms with van der Waals surface area (Å²) in [4.78, 5) is 3.12. The van der Waals surface area contributed by atoms with Crippen LogP contribution >= 0.6 is 0 Å². The smallest absolute Gasteiger partial charge is 0.0780 e. The fourth-order valence-electron chi connectivity index (χ4n) is 16.0. The number of piperazine rings is 1. The highest BCUT2D eigenvalue weighted by Gasteiger charge is 2.64. The molecule has 18 unspecified atom stereocenters. The van der Waals surface area contributed by atoms with Gasteiger partial charge in [0, 0.05) is 42.2 Å². The van der Waals surface area contributed by atoms with Gasteiger partial charge in [0.15, 0.2) is 0 Å². The Morgan fingerprint density at radius 1 is 0.849 bits per heavy atom. The quantitative estimate of drug-likeness (QED) is 0.181. The summed E-state index contributed by atoms with van der Waals surface area (Å²) < 4.78 is 7.63. The van der Waals surface area contributed by atoms with Crippen LogP contribution in [0.4, 0.5) is 0 Å². The molecule has 53 heavy (non-hydrogen) atoms. The second-order valence-corrected chi connectivity index (χ2v) is 20.8. The first-order valence-corrected chi connectivity index (χ1v) is 23.5. The molecule has 10 aliphatic rings. The molecule has 0 radical (unpaired) electrons. The number of ether oxygens (including phenoxy) is 1. The Balaban J connectivity index is 0.962. The fourth-order valence-corrected chi connectivity index (χ4v) is 16.0. The normalized spacial score (nSPS) is 51.8. The van der Waals surface area contributed by atoms with Gasteiger partial charge in [-0.15, -0.1) is 12.3 Å². The van der Waals surface area contributed by atoms with Crippen LogP contribution in [-0.2, 0) is 4.74 Å². The monoisotopic (exact) mass is 723 g/mol. The van der Waals surface area contributed by atoms with Crippen molar-refractivity contribution in [3.05, 3.63) is 24.3 Å². The molecular formula is C48H74N4O. The number of hydrogen-bond acceptors (Lipinski definition) is 5. The topological polar surface area (TPSA) is 48.6 Å². The van der Waals surface area contributed by atoms with Crippen LogP contribution in [0, 0.1) is 65.1 Å². The summed E-state index contributed by atoms with van der Waals surface area (Å²) in [7, 11) is 0. The van der Waals surface area contributed by atoms with Crippen molar-refractivity contribution in [3.8, 4) is 12.3 Å². The summed E-state index contributed by atoms with van der Waals surface area (Å²) in [5.74, 6) is 9.05. The van der Waals surface area contributed by atoms with E-state index < -0.39 is 0 Å². The van der Waals surface area contributed by atoms with Gasteiger partial charge in [-0.1, -0.05) is 89.5 Å². The molecule has 7 aliphatic carbocycles. The molecule has 0 spiro atoms. The first-order valence-electron chi connectivity index (χ1n) is 23.5. The Morgan fingerprint density at radius 3 is 2.49 bits per heavy atom. The van der Waals surface area contributed by atoms with Crippen LogP contribution in [0.2, 0.25) is 0 Å². The zero-order valence-electron chi connectivity index (χ0n) is 33.5. The van der Waals surface area contributed by atoms with Gasteiger partial charge in [-0.25, -0.2) is 0 Å². The van der Waals surface area contributed by atoms with Crippen molar-refractivity contribution >= 4 is 0 Å². The lowest BCUT2D eigenvalue weighted by Crippen LogP contribution is -2.73. The van der Waals surface area contributed by atoms with E-state index in [1.807, 2.05) is 0 Å².